The Morgan fingerprint density at radius 2 is 2.00 bits per heavy atom. The highest BCUT2D eigenvalue weighted by Crippen LogP contribution is 2.34. The van der Waals surface area contributed by atoms with Gasteiger partial charge in [0.05, 0.1) is 30.8 Å². The van der Waals surface area contributed by atoms with Crippen molar-refractivity contribution in [3.63, 3.8) is 0 Å². The number of carbonyl (C=O) groups is 2. The highest BCUT2D eigenvalue weighted by molar-refractivity contribution is 8.00. The first-order valence-corrected chi connectivity index (χ1v) is 9.59. The van der Waals surface area contributed by atoms with Gasteiger partial charge < -0.3 is 14.5 Å². The van der Waals surface area contributed by atoms with Crippen LogP contribution >= 0.6 is 11.8 Å². The topological polar surface area (TPSA) is 49.9 Å². The zero-order valence-electron chi connectivity index (χ0n) is 14.1. The summed E-state index contributed by atoms with van der Waals surface area (Å²) in [4.78, 5) is 28.2. The van der Waals surface area contributed by atoms with Crippen LogP contribution in [0.2, 0.25) is 0 Å². The van der Waals surface area contributed by atoms with Gasteiger partial charge in [-0.3, -0.25) is 9.59 Å². The highest BCUT2D eigenvalue weighted by Gasteiger charge is 2.28. The van der Waals surface area contributed by atoms with Crippen molar-refractivity contribution in [2.24, 2.45) is 0 Å². The predicted molar refractivity (Wildman–Crippen MR) is 95.0 cm³/mol. The maximum absolute atomic E-state index is 12.5. The number of benzene rings is 1. The Bertz CT molecular complexity index is 602. The van der Waals surface area contributed by atoms with E-state index in [1.54, 1.807) is 0 Å². The molecule has 3 rings (SSSR count). The van der Waals surface area contributed by atoms with Gasteiger partial charge in [-0.25, -0.2) is 0 Å². The molecule has 0 bridgehead atoms. The summed E-state index contributed by atoms with van der Waals surface area (Å²) in [6.07, 6.45) is 2.01. The van der Waals surface area contributed by atoms with E-state index in [4.69, 9.17) is 4.74 Å². The smallest absolute Gasteiger partial charge is 0.232 e. The number of fused-ring (bicyclic) bond motifs is 1. The van der Waals surface area contributed by atoms with E-state index in [1.165, 1.54) is 22.9 Å². The number of amides is 2. The molecule has 1 aliphatic heterocycles. The molecule has 0 aromatic heterocycles. The summed E-state index contributed by atoms with van der Waals surface area (Å²) in [6.45, 7) is 2.54. The summed E-state index contributed by atoms with van der Waals surface area (Å²) in [7, 11) is 1.87. The lowest BCUT2D eigenvalue weighted by atomic mass is 10.1. The van der Waals surface area contributed by atoms with E-state index in [0.717, 1.165) is 12.8 Å². The summed E-state index contributed by atoms with van der Waals surface area (Å²) in [6, 6.07) is 8.51. The molecule has 24 heavy (non-hydrogen) atoms. The van der Waals surface area contributed by atoms with Crippen molar-refractivity contribution < 1.29 is 14.3 Å². The third-order valence-electron chi connectivity index (χ3n) is 4.78. The fourth-order valence-corrected chi connectivity index (χ4v) is 4.18. The number of carbonyl (C=O) groups excluding carboxylic acids is 2. The summed E-state index contributed by atoms with van der Waals surface area (Å²) in [5.74, 6) is 0.910. The molecule has 1 saturated heterocycles. The van der Waals surface area contributed by atoms with Crippen LogP contribution in [0.4, 0.5) is 0 Å². The fraction of sp³-hybridized carbons (Fsp3) is 0.556. The van der Waals surface area contributed by atoms with Crippen LogP contribution in [0.15, 0.2) is 24.3 Å². The van der Waals surface area contributed by atoms with Gasteiger partial charge in [-0.2, -0.15) is 0 Å². The van der Waals surface area contributed by atoms with Crippen molar-refractivity contribution >= 4 is 23.6 Å². The van der Waals surface area contributed by atoms with E-state index >= 15 is 0 Å². The predicted octanol–water partition coefficient (Wildman–Crippen LogP) is 1.72. The summed E-state index contributed by atoms with van der Waals surface area (Å²) in [5.41, 5.74) is 2.61. The van der Waals surface area contributed by atoms with E-state index in [-0.39, 0.29) is 17.9 Å². The van der Waals surface area contributed by atoms with Crippen LogP contribution in [0, 0.1) is 0 Å². The minimum absolute atomic E-state index is 0.0940. The van der Waals surface area contributed by atoms with Gasteiger partial charge in [0, 0.05) is 20.1 Å². The van der Waals surface area contributed by atoms with E-state index < -0.39 is 0 Å². The molecule has 1 aliphatic carbocycles. The number of hydrogen-bond acceptors (Lipinski definition) is 4. The number of aryl methyl sites for hydroxylation is 1. The van der Waals surface area contributed by atoms with E-state index in [9.17, 15) is 9.59 Å². The Kier molecular flexibility index (Phi) is 5.79. The van der Waals surface area contributed by atoms with Gasteiger partial charge in [-0.05, 0) is 24.0 Å². The SMILES string of the molecule is CN(C(=O)CSCC(=O)N1CCOCC1)C1CCc2ccccc21. The van der Waals surface area contributed by atoms with E-state index in [0.29, 0.717) is 37.8 Å². The molecule has 1 aromatic rings. The zero-order chi connectivity index (χ0) is 16.9. The van der Waals surface area contributed by atoms with Crippen molar-refractivity contribution in [1.82, 2.24) is 9.80 Å². The molecule has 2 amide bonds. The van der Waals surface area contributed by atoms with Gasteiger partial charge in [-0.15, -0.1) is 11.8 Å². The molecular weight excluding hydrogens is 324 g/mol. The van der Waals surface area contributed by atoms with E-state index in [2.05, 4.69) is 18.2 Å². The number of morpholine rings is 1. The summed E-state index contributed by atoms with van der Waals surface area (Å²) < 4.78 is 5.25. The Morgan fingerprint density at radius 3 is 2.79 bits per heavy atom. The van der Waals surface area contributed by atoms with Crippen LogP contribution in [0.25, 0.3) is 0 Å². The first-order chi connectivity index (χ1) is 11.7. The second-order valence-electron chi connectivity index (χ2n) is 6.24. The van der Waals surface area contributed by atoms with Gasteiger partial charge in [0.25, 0.3) is 0 Å². The molecule has 2 aliphatic rings. The lowest BCUT2D eigenvalue weighted by Gasteiger charge is -2.27. The highest BCUT2D eigenvalue weighted by atomic mass is 32.2. The number of thioether (sulfide) groups is 1. The molecule has 5 nitrogen and oxygen atoms in total. The third-order valence-corrected chi connectivity index (χ3v) is 5.68. The van der Waals surface area contributed by atoms with Gasteiger partial charge >= 0.3 is 0 Å². The minimum Gasteiger partial charge on any atom is -0.378 e. The molecule has 6 heteroatoms. The van der Waals surface area contributed by atoms with Crippen LogP contribution in [-0.2, 0) is 20.7 Å². The number of nitrogens with zero attached hydrogens (tertiary/aromatic N) is 2. The van der Waals surface area contributed by atoms with Crippen molar-refractivity contribution in [2.75, 3.05) is 44.9 Å². The second-order valence-corrected chi connectivity index (χ2v) is 7.23. The van der Waals surface area contributed by atoms with Crippen molar-refractivity contribution in [3.8, 4) is 0 Å². The Labute approximate surface area is 147 Å². The molecule has 1 heterocycles. The molecule has 0 spiro atoms. The lowest BCUT2D eigenvalue weighted by molar-refractivity contribution is -0.132. The maximum Gasteiger partial charge on any atom is 0.232 e. The van der Waals surface area contributed by atoms with Gasteiger partial charge in [0.1, 0.15) is 0 Å². The minimum atomic E-state index is 0.0940. The van der Waals surface area contributed by atoms with Gasteiger partial charge in [-0.1, -0.05) is 24.3 Å². The molecule has 0 radical (unpaired) electrons. The van der Waals surface area contributed by atoms with Crippen LogP contribution in [0.3, 0.4) is 0 Å². The summed E-state index contributed by atoms with van der Waals surface area (Å²) in [5, 5.41) is 0. The van der Waals surface area contributed by atoms with Crippen LogP contribution in [-0.4, -0.2) is 66.5 Å². The number of rotatable bonds is 5. The Balaban J connectivity index is 1.46. The average molecular weight is 348 g/mol. The average Bonchev–Trinajstić information content (AvgIpc) is 3.05. The van der Waals surface area contributed by atoms with Crippen molar-refractivity contribution in [3.05, 3.63) is 35.4 Å². The van der Waals surface area contributed by atoms with Gasteiger partial charge in [0.15, 0.2) is 0 Å². The van der Waals surface area contributed by atoms with E-state index in [1.807, 2.05) is 22.9 Å². The third kappa shape index (κ3) is 3.92. The van der Waals surface area contributed by atoms with Crippen LogP contribution < -0.4 is 0 Å². The molecular formula is C18H24N2O3S. The lowest BCUT2D eigenvalue weighted by Crippen LogP contribution is -2.41. The van der Waals surface area contributed by atoms with Crippen LogP contribution in [0.1, 0.15) is 23.6 Å². The fourth-order valence-electron chi connectivity index (χ4n) is 3.34. The Morgan fingerprint density at radius 1 is 1.25 bits per heavy atom. The van der Waals surface area contributed by atoms with Crippen molar-refractivity contribution in [1.29, 1.82) is 0 Å². The molecule has 1 unspecified atom stereocenters. The molecule has 1 atom stereocenters. The first kappa shape index (κ1) is 17.3. The Hall–Kier alpha value is -1.53. The standard InChI is InChI=1S/C18H24N2O3S/c1-19(16-7-6-14-4-2-3-5-15(14)16)17(21)12-24-13-18(22)20-8-10-23-11-9-20/h2-5,16H,6-13H2,1H3. The number of ether oxygens (including phenoxy) is 1. The largest absolute Gasteiger partial charge is 0.378 e. The maximum atomic E-state index is 12.5. The molecule has 0 N–H and O–H groups in total. The van der Waals surface area contributed by atoms with Gasteiger partial charge in [0.2, 0.25) is 11.8 Å². The summed E-state index contributed by atoms with van der Waals surface area (Å²) >= 11 is 1.41. The van der Waals surface area contributed by atoms with Crippen LogP contribution in [0.5, 0.6) is 0 Å². The zero-order valence-corrected chi connectivity index (χ0v) is 14.9. The molecule has 0 saturated carbocycles. The van der Waals surface area contributed by atoms with Crippen molar-refractivity contribution in [2.45, 2.75) is 18.9 Å². The number of hydrogen-bond donors (Lipinski definition) is 0. The molecule has 1 aromatic carbocycles. The first-order valence-electron chi connectivity index (χ1n) is 8.43. The second kappa shape index (κ2) is 8.03. The quantitative estimate of drug-likeness (QED) is 0.813. The molecule has 130 valence electrons. The monoisotopic (exact) mass is 348 g/mol. The normalized spacial score (nSPS) is 19.9. The molecule has 1 fully saturated rings.